The van der Waals surface area contributed by atoms with E-state index in [0.717, 1.165) is 54.3 Å². The van der Waals surface area contributed by atoms with Crippen LogP contribution in [0.3, 0.4) is 0 Å². The monoisotopic (exact) mass is 461 g/mol. The highest BCUT2D eigenvalue weighted by Crippen LogP contribution is 2.28. The van der Waals surface area contributed by atoms with E-state index in [1.165, 1.54) is 0 Å². The van der Waals surface area contributed by atoms with Crippen LogP contribution < -0.4 is 14.2 Å². The SMILES string of the molecule is COc1ccc(CC2(O)CCN(C(C)COc3ccc(OCc4ccccc4)cc3)CC2)cc1. The summed E-state index contributed by atoms with van der Waals surface area (Å²) in [6, 6.07) is 26.2. The normalized spacial score (nSPS) is 16.6. The summed E-state index contributed by atoms with van der Waals surface area (Å²) in [5.41, 5.74) is 1.64. The van der Waals surface area contributed by atoms with Gasteiger partial charge in [-0.1, -0.05) is 42.5 Å². The van der Waals surface area contributed by atoms with Crippen molar-refractivity contribution in [1.29, 1.82) is 0 Å². The number of nitrogens with zero attached hydrogens (tertiary/aromatic N) is 1. The summed E-state index contributed by atoms with van der Waals surface area (Å²) < 4.78 is 17.1. The second-order valence-corrected chi connectivity index (χ2v) is 9.19. The number of methoxy groups -OCH3 is 1. The van der Waals surface area contributed by atoms with Crippen LogP contribution in [0.4, 0.5) is 0 Å². The van der Waals surface area contributed by atoms with Crippen LogP contribution in [0.2, 0.25) is 0 Å². The van der Waals surface area contributed by atoms with Gasteiger partial charge in [-0.15, -0.1) is 0 Å². The third-order valence-electron chi connectivity index (χ3n) is 6.61. The van der Waals surface area contributed by atoms with E-state index in [1.54, 1.807) is 7.11 Å². The van der Waals surface area contributed by atoms with E-state index in [-0.39, 0.29) is 6.04 Å². The summed E-state index contributed by atoms with van der Waals surface area (Å²) in [4.78, 5) is 2.40. The molecule has 180 valence electrons. The zero-order chi connectivity index (χ0) is 23.8. The molecule has 1 unspecified atom stereocenters. The van der Waals surface area contributed by atoms with E-state index in [1.807, 2.05) is 66.7 Å². The summed E-state index contributed by atoms with van der Waals surface area (Å²) >= 11 is 0. The molecular weight excluding hydrogens is 426 g/mol. The van der Waals surface area contributed by atoms with Gasteiger partial charge in [0.15, 0.2) is 0 Å². The first-order chi connectivity index (χ1) is 16.5. The van der Waals surface area contributed by atoms with Crippen LogP contribution in [0.5, 0.6) is 17.2 Å². The number of piperidine rings is 1. The fourth-order valence-electron chi connectivity index (χ4n) is 4.38. The maximum absolute atomic E-state index is 11.1. The van der Waals surface area contributed by atoms with Gasteiger partial charge in [0.2, 0.25) is 0 Å². The van der Waals surface area contributed by atoms with Crippen LogP contribution in [0.1, 0.15) is 30.9 Å². The van der Waals surface area contributed by atoms with Gasteiger partial charge in [0.1, 0.15) is 30.5 Å². The first kappa shape index (κ1) is 24.1. The van der Waals surface area contributed by atoms with Crippen molar-refractivity contribution in [2.24, 2.45) is 0 Å². The summed E-state index contributed by atoms with van der Waals surface area (Å²) in [7, 11) is 1.67. The molecule has 0 radical (unpaired) electrons. The van der Waals surface area contributed by atoms with E-state index >= 15 is 0 Å². The minimum absolute atomic E-state index is 0.277. The molecule has 3 aromatic rings. The lowest BCUT2D eigenvalue weighted by molar-refractivity contribution is -0.0328. The lowest BCUT2D eigenvalue weighted by atomic mass is 9.85. The lowest BCUT2D eigenvalue weighted by Crippen LogP contribution is -2.49. The summed E-state index contributed by atoms with van der Waals surface area (Å²) in [6.07, 6.45) is 2.20. The molecule has 1 aliphatic heterocycles. The number of aliphatic hydroxyl groups is 1. The molecule has 0 spiro atoms. The van der Waals surface area contributed by atoms with Crippen LogP contribution in [-0.2, 0) is 13.0 Å². The van der Waals surface area contributed by atoms with Gasteiger partial charge in [0.05, 0.1) is 12.7 Å². The largest absolute Gasteiger partial charge is 0.497 e. The number of hydrogen-bond donors (Lipinski definition) is 1. The van der Waals surface area contributed by atoms with Gasteiger partial charge >= 0.3 is 0 Å². The van der Waals surface area contributed by atoms with Gasteiger partial charge in [-0.05, 0) is 67.3 Å². The highest BCUT2D eigenvalue weighted by Gasteiger charge is 2.33. The van der Waals surface area contributed by atoms with Crippen molar-refractivity contribution >= 4 is 0 Å². The fourth-order valence-corrected chi connectivity index (χ4v) is 4.38. The number of rotatable bonds is 10. The Morgan fingerprint density at radius 2 is 1.38 bits per heavy atom. The third kappa shape index (κ3) is 6.75. The van der Waals surface area contributed by atoms with E-state index in [0.29, 0.717) is 19.6 Å². The van der Waals surface area contributed by atoms with Gasteiger partial charge in [0, 0.05) is 25.6 Å². The molecule has 1 atom stereocenters. The smallest absolute Gasteiger partial charge is 0.120 e. The Bertz CT molecular complexity index is 997. The maximum Gasteiger partial charge on any atom is 0.120 e. The van der Waals surface area contributed by atoms with Crippen molar-refractivity contribution in [2.75, 3.05) is 26.8 Å². The number of ether oxygens (including phenoxy) is 3. The van der Waals surface area contributed by atoms with Gasteiger partial charge in [-0.25, -0.2) is 0 Å². The second-order valence-electron chi connectivity index (χ2n) is 9.19. The summed E-state index contributed by atoms with van der Waals surface area (Å²) in [5.74, 6) is 2.51. The Kier molecular flexibility index (Phi) is 8.09. The Morgan fingerprint density at radius 1 is 0.794 bits per heavy atom. The van der Waals surface area contributed by atoms with Crippen LogP contribution in [0, 0.1) is 0 Å². The Labute approximate surface area is 202 Å². The predicted octanol–water partition coefficient (Wildman–Crippen LogP) is 5.11. The molecule has 0 aliphatic carbocycles. The van der Waals surface area contributed by atoms with Gasteiger partial charge in [0.25, 0.3) is 0 Å². The van der Waals surface area contributed by atoms with Crippen molar-refractivity contribution in [2.45, 2.75) is 44.4 Å². The average molecular weight is 462 g/mol. The molecular formula is C29H35NO4. The molecule has 0 aromatic heterocycles. The van der Waals surface area contributed by atoms with E-state index < -0.39 is 5.60 Å². The fraction of sp³-hybridized carbons (Fsp3) is 0.379. The van der Waals surface area contributed by atoms with Gasteiger partial charge in [-0.2, -0.15) is 0 Å². The van der Waals surface area contributed by atoms with Crippen LogP contribution >= 0.6 is 0 Å². The Morgan fingerprint density at radius 3 is 2.00 bits per heavy atom. The molecule has 3 aromatic carbocycles. The van der Waals surface area contributed by atoms with E-state index in [4.69, 9.17) is 14.2 Å². The standard InChI is InChI=1S/C29H35NO4/c1-23(21-33-27-12-14-28(15-13-27)34-22-25-6-4-3-5-7-25)30-18-16-29(31,17-19-30)20-24-8-10-26(32-2)11-9-24/h3-15,23,31H,16-22H2,1-2H3. The predicted molar refractivity (Wildman–Crippen MR) is 135 cm³/mol. The van der Waals surface area contributed by atoms with Gasteiger partial charge < -0.3 is 19.3 Å². The molecule has 1 heterocycles. The lowest BCUT2D eigenvalue weighted by Gasteiger charge is -2.40. The topological polar surface area (TPSA) is 51.2 Å². The summed E-state index contributed by atoms with van der Waals surface area (Å²) in [5, 5.41) is 11.1. The molecule has 0 amide bonds. The maximum atomic E-state index is 11.1. The van der Waals surface area contributed by atoms with Crippen LogP contribution in [-0.4, -0.2) is 48.5 Å². The molecule has 5 nitrogen and oxygen atoms in total. The van der Waals surface area contributed by atoms with Gasteiger partial charge in [-0.3, -0.25) is 4.90 Å². The van der Waals surface area contributed by atoms with Crippen molar-refractivity contribution in [3.8, 4) is 17.2 Å². The minimum Gasteiger partial charge on any atom is -0.497 e. The van der Waals surface area contributed by atoms with Crippen molar-refractivity contribution in [3.63, 3.8) is 0 Å². The number of likely N-dealkylation sites (tertiary alicyclic amines) is 1. The van der Waals surface area contributed by atoms with Crippen molar-refractivity contribution in [1.82, 2.24) is 4.90 Å². The van der Waals surface area contributed by atoms with Crippen molar-refractivity contribution < 1.29 is 19.3 Å². The summed E-state index contributed by atoms with van der Waals surface area (Å²) in [6.45, 7) is 5.08. The molecule has 34 heavy (non-hydrogen) atoms. The molecule has 5 heteroatoms. The zero-order valence-electron chi connectivity index (χ0n) is 20.2. The molecule has 0 saturated carbocycles. The van der Waals surface area contributed by atoms with Crippen LogP contribution in [0.15, 0.2) is 78.9 Å². The quantitative estimate of drug-likeness (QED) is 0.455. The highest BCUT2D eigenvalue weighted by atomic mass is 16.5. The molecule has 1 saturated heterocycles. The number of benzene rings is 3. The minimum atomic E-state index is -0.652. The van der Waals surface area contributed by atoms with Crippen LogP contribution in [0.25, 0.3) is 0 Å². The Hall–Kier alpha value is -3.02. The van der Waals surface area contributed by atoms with E-state index in [2.05, 4.69) is 24.0 Å². The second kappa shape index (κ2) is 11.4. The van der Waals surface area contributed by atoms with E-state index in [9.17, 15) is 5.11 Å². The molecule has 4 rings (SSSR count). The zero-order valence-corrected chi connectivity index (χ0v) is 20.2. The third-order valence-corrected chi connectivity index (χ3v) is 6.61. The Balaban J connectivity index is 1.19. The number of hydrogen-bond acceptors (Lipinski definition) is 5. The highest BCUT2D eigenvalue weighted by molar-refractivity contribution is 5.31. The van der Waals surface area contributed by atoms with Crippen molar-refractivity contribution in [3.05, 3.63) is 90.0 Å². The average Bonchev–Trinajstić information content (AvgIpc) is 2.88. The molecule has 1 aliphatic rings. The first-order valence-electron chi connectivity index (χ1n) is 12.0. The first-order valence-corrected chi connectivity index (χ1v) is 12.0. The molecule has 1 N–H and O–H groups in total. The molecule has 1 fully saturated rings. The molecule has 0 bridgehead atoms.